The van der Waals surface area contributed by atoms with Crippen LogP contribution in [0.4, 0.5) is 0 Å². The van der Waals surface area contributed by atoms with Crippen LogP contribution in [0.5, 0.6) is 11.5 Å². The molecule has 6 fully saturated rings. The largest absolute Gasteiger partial charge is 0.491 e. The Bertz CT molecular complexity index is 1150. The van der Waals surface area contributed by atoms with E-state index in [2.05, 4.69) is 82.2 Å². The van der Waals surface area contributed by atoms with Crippen LogP contribution in [0.25, 0.3) is 0 Å². The summed E-state index contributed by atoms with van der Waals surface area (Å²) >= 11 is 0. The monoisotopic (exact) mass is 632 g/mol. The molecule has 0 spiro atoms. The number of nitrogens with zero attached hydrogens (tertiary/aromatic N) is 4. The molecule has 0 aromatic heterocycles. The Morgan fingerprint density at radius 1 is 0.587 bits per heavy atom. The first kappa shape index (κ1) is 32.4. The lowest BCUT2D eigenvalue weighted by molar-refractivity contribution is -0.0418. The van der Waals surface area contributed by atoms with Gasteiger partial charge in [0.05, 0.1) is 0 Å². The maximum Gasteiger partial charge on any atom is 0.119 e. The number of ether oxygens (including phenoxy) is 2. The van der Waals surface area contributed by atoms with Crippen molar-refractivity contribution >= 4 is 0 Å². The molecule has 4 aliphatic carbocycles. The van der Waals surface area contributed by atoms with Gasteiger partial charge in [-0.05, 0) is 105 Å². The van der Waals surface area contributed by atoms with Gasteiger partial charge in [-0.1, -0.05) is 24.3 Å². The lowest BCUT2D eigenvalue weighted by atomic mass is 9.42. The molecule has 0 radical (unpaired) electrons. The van der Waals surface area contributed by atoms with E-state index in [0.717, 1.165) is 75.7 Å². The highest BCUT2D eigenvalue weighted by Gasteiger charge is 2.58. The van der Waals surface area contributed by atoms with E-state index in [9.17, 15) is 10.2 Å². The number of hydrogen-bond donors (Lipinski definition) is 2. The van der Waals surface area contributed by atoms with Crippen LogP contribution in [0.3, 0.4) is 0 Å². The van der Waals surface area contributed by atoms with E-state index in [1.807, 2.05) is 0 Å². The van der Waals surface area contributed by atoms with Crippen LogP contribution >= 0.6 is 0 Å². The van der Waals surface area contributed by atoms with Gasteiger partial charge in [-0.3, -0.25) is 9.80 Å². The SMILES string of the molecule is CN1CCN(CC(O)COc2ccc(C3(c4ccc(OCC(O)CN5CCN(C)CC5)cc4)C4CC5CC(C4)CC3C5)cc2)CC1. The van der Waals surface area contributed by atoms with Crippen LogP contribution in [0.15, 0.2) is 48.5 Å². The van der Waals surface area contributed by atoms with E-state index in [1.165, 1.54) is 43.2 Å². The van der Waals surface area contributed by atoms with Crippen molar-refractivity contribution < 1.29 is 19.7 Å². The zero-order chi connectivity index (χ0) is 31.7. The van der Waals surface area contributed by atoms with Gasteiger partial charge in [0.25, 0.3) is 0 Å². The third-order valence-corrected chi connectivity index (χ3v) is 12.1. The average molecular weight is 633 g/mol. The van der Waals surface area contributed by atoms with Crippen molar-refractivity contribution in [1.29, 1.82) is 0 Å². The Labute approximate surface area is 276 Å². The lowest BCUT2D eigenvalue weighted by Crippen LogP contribution is -2.56. The summed E-state index contributed by atoms with van der Waals surface area (Å²) in [7, 11) is 4.31. The molecular weight excluding hydrogens is 576 g/mol. The second-order valence-electron chi connectivity index (χ2n) is 15.4. The second kappa shape index (κ2) is 14.1. The van der Waals surface area contributed by atoms with E-state index in [1.54, 1.807) is 0 Å². The summed E-state index contributed by atoms with van der Waals surface area (Å²) in [5.41, 5.74) is 2.82. The van der Waals surface area contributed by atoms with E-state index in [4.69, 9.17) is 9.47 Å². The van der Waals surface area contributed by atoms with Gasteiger partial charge < -0.3 is 29.5 Å². The van der Waals surface area contributed by atoms with Gasteiger partial charge in [-0.2, -0.15) is 0 Å². The van der Waals surface area contributed by atoms with Gasteiger partial charge in [0.2, 0.25) is 0 Å². The van der Waals surface area contributed by atoms with Gasteiger partial charge in [0.15, 0.2) is 0 Å². The number of rotatable bonds is 12. The Balaban J connectivity index is 1.02. The normalized spacial score (nSPS) is 32.0. The van der Waals surface area contributed by atoms with E-state index in [-0.39, 0.29) is 5.41 Å². The van der Waals surface area contributed by atoms with E-state index >= 15 is 0 Å². The molecule has 8 rings (SSSR count). The third-order valence-electron chi connectivity index (χ3n) is 12.1. The quantitative estimate of drug-likeness (QED) is 0.369. The van der Waals surface area contributed by atoms with Crippen LogP contribution in [0.2, 0.25) is 0 Å². The molecule has 6 aliphatic rings. The van der Waals surface area contributed by atoms with Crippen LogP contribution < -0.4 is 9.47 Å². The number of aliphatic hydroxyl groups excluding tert-OH is 2. The molecule has 2 aromatic carbocycles. The standard InChI is InChI=1S/C38H56N4O4/c1-39-11-15-41(16-12-39)24-34(43)26-45-36-7-3-30(4-8-36)38(32-20-28-19-29(22-32)23-33(38)21-28)31-5-9-37(10-6-31)46-27-35(44)25-42-17-13-40(2)14-18-42/h3-10,28-29,32-35,43-44H,11-27H2,1-2H3. The van der Waals surface area contributed by atoms with Gasteiger partial charge in [-0.25, -0.2) is 0 Å². The molecule has 8 heteroatoms. The highest BCUT2D eigenvalue weighted by Crippen LogP contribution is 2.65. The summed E-state index contributed by atoms with van der Waals surface area (Å²) in [6.07, 6.45) is 5.72. The number of hydrogen-bond acceptors (Lipinski definition) is 8. The molecule has 2 heterocycles. The first-order valence-electron chi connectivity index (χ1n) is 18.0. The molecule has 8 nitrogen and oxygen atoms in total. The van der Waals surface area contributed by atoms with Crippen molar-refractivity contribution in [3.63, 3.8) is 0 Å². The fourth-order valence-electron chi connectivity index (χ4n) is 9.84. The van der Waals surface area contributed by atoms with Gasteiger partial charge in [-0.15, -0.1) is 0 Å². The van der Waals surface area contributed by atoms with Crippen molar-refractivity contribution in [2.75, 3.05) is 92.8 Å². The molecule has 2 aliphatic heterocycles. The summed E-state index contributed by atoms with van der Waals surface area (Å²) in [6.45, 7) is 10.2. The Hall–Kier alpha value is -2.20. The first-order chi connectivity index (χ1) is 22.3. The zero-order valence-electron chi connectivity index (χ0n) is 28.1. The minimum absolute atomic E-state index is 0.00630. The molecule has 252 valence electrons. The van der Waals surface area contributed by atoms with E-state index < -0.39 is 12.2 Å². The highest BCUT2D eigenvalue weighted by molar-refractivity contribution is 5.47. The summed E-state index contributed by atoms with van der Waals surface area (Å²) < 4.78 is 12.2. The predicted molar refractivity (Wildman–Crippen MR) is 182 cm³/mol. The molecule has 2 atom stereocenters. The molecule has 2 unspecified atom stereocenters. The minimum atomic E-state index is -0.493. The molecular formula is C38H56N4O4. The lowest BCUT2D eigenvalue weighted by Gasteiger charge is -2.62. The van der Waals surface area contributed by atoms with Gasteiger partial charge >= 0.3 is 0 Å². The van der Waals surface area contributed by atoms with Crippen molar-refractivity contribution in [2.24, 2.45) is 23.7 Å². The smallest absolute Gasteiger partial charge is 0.119 e. The van der Waals surface area contributed by atoms with Crippen molar-refractivity contribution in [1.82, 2.24) is 19.6 Å². The molecule has 46 heavy (non-hydrogen) atoms. The zero-order valence-corrected chi connectivity index (χ0v) is 28.1. The number of piperazine rings is 2. The average Bonchev–Trinajstić information content (AvgIpc) is 3.06. The Morgan fingerprint density at radius 2 is 0.957 bits per heavy atom. The Kier molecular flexibility index (Phi) is 9.92. The maximum atomic E-state index is 10.7. The molecule has 2 aromatic rings. The summed E-state index contributed by atoms with van der Waals surface area (Å²) in [5, 5.41) is 21.4. The number of aliphatic hydroxyl groups is 2. The van der Waals surface area contributed by atoms with E-state index in [0.29, 0.717) is 38.1 Å². The minimum Gasteiger partial charge on any atom is -0.491 e. The fraction of sp³-hybridized carbons (Fsp3) is 0.684. The number of benzene rings is 2. The van der Waals surface area contributed by atoms with Gasteiger partial charge in [0.1, 0.15) is 36.9 Å². The summed E-state index contributed by atoms with van der Waals surface area (Å²) in [4.78, 5) is 9.34. The molecule has 4 saturated carbocycles. The second-order valence-corrected chi connectivity index (χ2v) is 15.4. The molecule has 2 saturated heterocycles. The van der Waals surface area contributed by atoms with Crippen molar-refractivity contribution in [2.45, 2.75) is 49.7 Å². The predicted octanol–water partition coefficient (Wildman–Crippen LogP) is 3.40. The molecule has 0 amide bonds. The maximum absolute atomic E-state index is 10.7. The molecule has 4 bridgehead atoms. The van der Waals surface area contributed by atoms with Gasteiger partial charge in [0, 0.05) is 70.9 Å². The van der Waals surface area contributed by atoms with Crippen molar-refractivity contribution in [3.05, 3.63) is 59.7 Å². The number of likely N-dealkylation sites (N-methyl/N-ethyl adjacent to an activating group) is 2. The number of β-amino-alcohol motifs (C(OH)–C–C–N with tert-alkyl or cyclic N) is 2. The van der Waals surface area contributed by atoms with Crippen LogP contribution in [0.1, 0.15) is 43.2 Å². The fourth-order valence-corrected chi connectivity index (χ4v) is 9.84. The summed E-state index contributed by atoms with van der Waals surface area (Å²) in [6, 6.07) is 17.8. The summed E-state index contributed by atoms with van der Waals surface area (Å²) in [5.74, 6) is 4.73. The Morgan fingerprint density at radius 3 is 1.33 bits per heavy atom. The first-order valence-corrected chi connectivity index (χ1v) is 18.0. The van der Waals surface area contributed by atoms with Crippen LogP contribution in [-0.2, 0) is 5.41 Å². The molecule has 2 N–H and O–H groups in total. The van der Waals surface area contributed by atoms with Crippen LogP contribution in [0, 0.1) is 23.7 Å². The third kappa shape index (κ3) is 6.99. The highest BCUT2D eigenvalue weighted by atomic mass is 16.5. The van der Waals surface area contributed by atoms with Crippen molar-refractivity contribution in [3.8, 4) is 11.5 Å². The van der Waals surface area contributed by atoms with Crippen LogP contribution in [-0.4, -0.2) is 135 Å². The topological polar surface area (TPSA) is 71.9 Å².